The zero-order valence-corrected chi connectivity index (χ0v) is 28.0. The Balaban J connectivity index is 2.09. The van der Waals surface area contributed by atoms with Crippen molar-refractivity contribution in [1.29, 1.82) is 0 Å². The molecule has 0 saturated heterocycles. The molecule has 1 aromatic rings. The topological polar surface area (TPSA) is 126 Å². The lowest BCUT2D eigenvalue weighted by Gasteiger charge is -2.68. The number of ketones is 5. The summed E-state index contributed by atoms with van der Waals surface area (Å²) in [6, 6.07) is 5.02. The van der Waals surface area contributed by atoms with Gasteiger partial charge >= 0.3 is 0 Å². The summed E-state index contributed by atoms with van der Waals surface area (Å²) >= 11 is 0. The van der Waals surface area contributed by atoms with Gasteiger partial charge in [0.05, 0.1) is 11.5 Å². The molecule has 2 N–H and O–H groups in total. The SMILES string of the molecule is CCC(C)C[C@@H]1[C@]2(C)C(C(=O)c3c(O)cccc3[C@H]2CCCCC(C)C)C(=O)[C@@]2(O)C(=O)C(C(C)=O)C(=O)C(C(C)C)[C@@]12C. The second-order valence-corrected chi connectivity index (χ2v) is 15.3. The van der Waals surface area contributed by atoms with Gasteiger partial charge < -0.3 is 10.2 Å². The van der Waals surface area contributed by atoms with E-state index in [9.17, 15) is 34.2 Å². The summed E-state index contributed by atoms with van der Waals surface area (Å²) in [7, 11) is 0. The van der Waals surface area contributed by atoms with Crippen LogP contribution in [-0.4, -0.2) is 44.7 Å². The van der Waals surface area contributed by atoms with Crippen LogP contribution in [0.15, 0.2) is 18.2 Å². The molecule has 3 aliphatic rings. The van der Waals surface area contributed by atoms with Crippen molar-refractivity contribution in [3.8, 4) is 5.75 Å². The van der Waals surface area contributed by atoms with Crippen LogP contribution in [-0.2, 0) is 19.2 Å². The number of Topliss-reactive ketones (excluding diaryl/α,β-unsaturated/α-hetero) is 5. The fourth-order valence-electron chi connectivity index (χ4n) is 9.78. The molecule has 0 radical (unpaired) electrons. The molecular weight excluding hydrogens is 556 g/mol. The van der Waals surface area contributed by atoms with E-state index in [0.29, 0.717) is 24.3 Å². The van der Waals surface area contributed by atoms with Crippen molar-refractivity contribution in [2.75, 3.05) is 0 Å². The van der Waals surface area contributed by atoms with Crippen molar-refractivity contribution in [3.05, 3.63) is 29.3 Å². The molecule has 2 fully saturated rings. The maximum absolute atomic E-state index is 15.0. The summed E-state index contributed by atoms with van der Waals surface area (Å²) in [5.41, 5.74) is -4.57. The van der Waals surface area contributed by atoms with Gasteiger partial charge in [0.2, 0.25) is 0 Å². The molecule has 0 heterocycles. The molecule has 7 nitrogen and oxygen atoms in total. The van der Waals surface area contributed by atoms with Gasteiger partial charge in [-0.3, -0.25) is 24.0 Å². The van der Waals surface area contributed by atoms with E-state index < -0.39 is 69.0 Å². The van der Waals surface area contributed by atoms with Crippen molar-refractivity contribution in [3.63, 3.8) is 0 Å². The van der Waals surface area contributed by atoms with Crippen LogP contribution in [0.2, 0.25) is 0 Å². The third kappa shape index (κ3) is 4.66. The Bertz CT molecular complexity index is 1360. The molecule has 0 aromatic heterocycles. The van der Waals surface area contributed by atoms with E-state index in [2.05, 4.69) is 27.7 Å². The molecule has 4 rings (SSSR count). The lowest BCUT2D eigenvalue weighted by atomic mass is 9.33. The number of phenols is 1. The van der Waals surface area contributed by atoms with E-state index in [1.54, 1.807) is 13.0 Å². The maximum Gasteiger partial charge on any atom is 0.190 e. The van der Waals surface area contributed by atoms with Gasteiger partial charge in [0, 0.05) is 11.3 Å². The summed E-state index contributed by atoms with van der Waals surface area (Å²) in [6.07, 6.45) is 4.72. The van der Waals surface area contributed by atoms with Gasteiger partial charge in [-0.1, -0.05) is 93.2 Å². The van der Waals surface area contributed by atoms with Crippen LogP contribution in [0.4, 0.5) is 0 Å². The first kappa shape index (κ1) is 34.2. The van der Waals surface area contributed by atoms with Gasteiger partial charge in [0.25, 0.3) is 0 Å². The summed E-state index contributed by atoms with van der Waals surface area (Å²) in [5, 5.41) is 23.7. The van der Waals surface area contributed by atoms with E-state index in [1.165, 1.54) is 6.07 Å². The first-order valence-corrected chi connectivity index (χ1v) is 16.6. The van der Waals surface area contributed by atoms with Gasteiger partial charge in [-0.15, -0.1) is 0 Å². The maximum atomic E-state index is 15.0. The number of aromatic hydroxyl groups is 1. The van der Waals surface area contributed by atoms with E-state index in [0.717, 1.165) is 32.6 Å². The average molecular weight is 609 g/mol. The van der Waals surface area contributed by atoms with Crippen LogP contribution in [0.1, 0.15) is 123 Å². The Morgan fingerprint density at radius 3 is 2.16 bits per heavy atom. The van der Waals surface area contributed by atoms with Crippen molar-refractivity contribution < 1.29 is 34.2 Å². The van der Waals surface area contributed by atoms with Gasteiger partial charge in [-0.2, -0.15) is 0 Å². The number of benzene rings is 1. The fourth-order valence-corrected chi connectivity index (χ4v) is 9.78. The molecule has 1 aromatic carbocycles. The van der Waals surface area contributed by atoms with E-state index in [4.69, 9.17) is 0 Å². The summed E-state index contributed by atoms with van der Waals surface area (Å²) in [6.45, 7) is 16.9. The molecule has 7 heteroatoms. The van der Waals surface area contributed by atoms with Crippen LogP contribution < -0.4 is 0 Å². The highest BCUT2D eigenvalue weighted by molar-refractivity contribution is 6.32. The Labute approximate surface area is 262 Å². The number of hydrogen-bond acceptors (Lipinski definition) is 7. The second kappa shape index (κ2) is 11.9. The lowest BCUT2D eigenvalue weighted by molar-refractivity contribution is -0.227. The minimum Gasteiger partial charge on any atom is -0.507 e. The Morgan fingerprint density at radius 1 is 0.977 bits per heavy atom. The number of phenolic OH excluding ortho intramolecular Hbond substituents is 1. The molecule has 242 valence electrons. The molecule has 0 amide bonds. The zero-order chi connectivity index (χ0) is 33.1. The molecule has 4 unspecified atom stereocenters. The van der Waals surface area contributed by atoms with E-state index >= 15 is 0 Å². The van der Waals surface area contributed by atoms with Crippen LogP contribution in [0, 0.1) is 52.3 Å². The predicted octanol–water partition coefficient (Wildman–Crippen LogP) is 6.51. The molecule has 3 aliphatic carbocycles. The molecule has 0 spiro atoms. The monoisotopic (exact) mass is 608 g/mol. The van der Waals surface area contributed by atoms with Gasteiger partial charge in [0.15, 0.2) is 28.7 Å². The molecule has 44 heavy (non-hydrogen) atoms. The minimum absolute atomic E-state index is 0.0783. The van der Waals surface area contributed by atoms with Gasteiger partial charge in [-0.05, 0) is 66.4 Å². The number of unbranched alkanes of at least 4 members (excludes halogenated alkanes) is 1. The number of carbonyl (C=O) groups is 5. The number of rotatable bonds is 10. The Hall–Kier alpha value is -2.67. The van der Waals surface area contributed by atoms with Crippen LogP contribution in [0.3, 0.4) is 0 Å². The Kier molecular flexibility index (Phi) is 9.27. The van der Waals surface area contributed by atoms with Crippen LogP contribution in [0.25, 0.3) is 0 Å². The standard InChI is InChI=1S/C37H52O7/c1-10-21(6)18-26-35(8)24(16-12-11-14-19(2)3)23-15-13-17-25(39)28(23)32(41)30(35)34(43)37(44)33(42)27(22(7)38)31(40)29(20(4)5)36(26,37)9/h13,15,17,19-21,24,26-27,29-30,39,44H,10-12,14,16,18H2,1-9H3/t21?,24-,26-,27?,29?,30?,35-,36-,37+/m1/s1. The highest BCUT2D eigenvalue weighted by atomic mass is 16.3. The number of aliphatic hydroxyl groups is 1. The van der Waals surface area contributed by atoms with Crippen LogP contribution >= 0.6 is 0 Å². The third-order valence-electron chi connectivity index (χ3n) is 12.0. The second-order valence-electron chi connectivity index (χ2n) is 15.3. The minimum atomic E-state index is -2.71. The Morgan fingerprint density at radius 2 is 1.61 bits per heavy atom. The van der Waals surface area contributed by atoms with Crippen molar-refractivity contribution in [2.24, 2.45) is 52.3 Å². The first-order chi connectivity index (χ1) is 20.4. The molecule has 9 atom stereocenters. The molecule has 2 saturated carbocycles. The fraction of sp³-hybridized carbons (Fsp3) is 0.703. The zero-order valence-electron chi connectivity index (χ0n) is 28.0. The normalized spacial score (nSPS) is 35.9. The first-order valence-electron chi connectivity index (χ1n) is 16.6. The quantitative estimate of drug-likeness (QED) is 0.229. The number of fused-ring (bicyclic) bond motifs is 3. The highest BCUT2D eigenvalue weighted by Crippen LogP contribution is 2.71. The van der Waals surface area contributed by atoms with Crippen LogP contribution in [0.5, 0.6) is 5.75 Å². The molecule has 0 bridgehead atoms. The summed E-state index contributed by atoms with van der Waals surface area (Å²) < 4.78 is 0. The smallest absolute Gasteiger partial charge is 0.190 e. The predicted molar refractivity (Wildman–Crippen MR) is 168 cm³/mol. The summed E-state index contributed by atoms with van der Waals surface area (Å²) in [5.74, 6) is -8.94. The van der Waals surface area contributed by atoms with Gasteiger partial charge in [0.1, 0.15) is 17.5 Å². The number of hydrogen-bond donors (Lipinski definition) is 2. The van der Waals surface area contributed by atoms with E-state index in [-0.39, 0.29) is 29.1 Å². The lowest BCUT2D eigenvalue weighted by Crippen LogP contribution is -2.80. The van der Waals surface area contributed by atoms with E-state index in [1.807, 2.05) is 26.8 Å². The average Bonchev–Trinajstić information content (AvgIpc) is 2.92. The van der Waals surface area contributed by atoms with Gasteiger partial charge in [-0.25, -0.2) is 0 Å². The van der Waals surface area contributed by atoms with Crippen molar-refractivity contribution in [1.82, 2.24) is 0 Å². The van der Waals surface area contributed by atoms with Crippen molar-refractivity contribution >= 4 is 28.9 Å². The summed E-state index contributed by atoms with van der Waals surface area (Å²) in [4.78, 5) is 70.8. The number of carbonyl (C=O) groups excluding carboxylic acids is 5. The highest BCUT2D eigenvalue weighted by Gasteiger charge is 2.80. The molecular formula is C37H52O7. The van der Waals surface area contributed by atoms with Crippen molar-refractivity contribution in [2.45, 2.75) is 112 Å². The third-order valence-corrected chi connectivity index (χ3v) is 12.0. The largest absolute Gasteiger partial charge is 0.507 e. The molecule has 0 aliphatic heterocycles.